The Kier molecular flexibility index (Phi) is 5.23. The number of aryl methyl sites for hydroxylation is 1. The number of nitrogens with zero attached hydrogens (tertiary/aromatic N) is 5. The zero-order valence-corrected chi connectivity index (χ0v) is 17.0. The Bertz CT molecular complexity index is 1230. The number of imidazole rings is 1. The van der Waals surface area contributed by atoms with Gasteiger partial charge in [0.1, 0.15) is 11.2 Å². The van der Waals surface area contributed by atoms with Crippen LogP contribution in [0.2, 0.25) is 0 Å². The van der Waals surface area contributed by atoms with Crippen LogP contribution in [0.3, 0.4) is 0 Å². The van der Waals surface area contributed by atoms with Crippen LogP contribution in [0.15, 0.2) is 41.2 Å². The Hall–Kier alpha value is -3.66. The minimum absolute atomic E-state index is 0.101. The van der Waals surface area contributed by atoms with Crippen LogP contribution in [0.4, 0.5) is 5.82 Å². The summed E-state index contributed by atoms with van der Waals surface area (Å²) in [5.41, 5.74) is 2.25. The molecule has 3 aromatic heterocycles. The number of aromatic nitrogens is 6. The Labute approximate surface area is 172 Å². The van der Waals surface area contributed by atoms with Crippen LogP contribution in [-0.4, -0.2) is 54.2 Å². The minimum Gasteiger partial charge on any atom is -0.480 e. The number of ether oxygens (including phenoxy) is 1. The predicted octanol–water partition coefficient (Wildman–Crippen LogP) is 1.37. The lowest BCUT2D eigenvalue weighted by molar-refractivity contribution is 0.281. The maximum absolute atomic E-state index is 12.8. The van der Waals surface area contributed by atoms with Crippen LogP contribution in [0.1, 0.15) is 12.5 Å². The molecule has 4 rings (SSSR count). The van der Waals surface area contributed by atoms with E-state index in [-0.39, 0.29) is 12.6 Å². The smallest absolute Gasteiger partial charge is 0.351 e. The molecule has 3 heterocycles. The maximum atomic E-state index is 12.8. The molecule has 0 spiro atoms. The molecule has 0 saturated heterocycles. The molecule has 0 saturated carbocycles. The van der Waals surface area contributed by atoms with Gasteiger partial charge in [-0.2, -0.15) is 4.98 Å². The largest absolute Gasteiger partial charge is 0.480 e. The zero-order chi connectivity index (χ0) is 21.3. The van der Waals surface area contributed by atoms with Crippen LogP contribution in [0.25, 0.3) is 22.7 Å². The van der Waals surface area contributed by atoms with Gasteiger partial charge in [0.15, 0.2) is 17.3 Å². The molecular weight excluding hydrogens is 386 g/mol. The first-order valence-corrected chi connectivity index (χ1v) is 9.50. The minimum atomic E-state index is -0.431. The van der Waals surface area contributed by atoms with Gasteiger partial charge in [-0.15, -0.1) is 5.10 Å². The number of aromatic amines is 1. The second-order valence-electron chi connectivity index (χ2n) is 7.02. The molecule has 0 fully saturated rings. The van der Waals surface area contributed by atoms with Crippen molar-refractivity contribution in [3.63, 3.8) is 0 Å². The van der Waals surface area contributed by atoms with Crippen molar-refractivity contribution < 1.29 is 9.84 Å². The molecule has 10 nitrogen and oxygen atoms in total. The van der Waals surface area contributed by atoms with Crippen molar-refractivity contribution in [3.05, 3.63) is 52.4 Å². The molecule has 0 unspecified atom stereocenters. The van der Waals surface area contributed by atoms with E-state index < -0.39 is 5.69 Å². The van der Waals surface area contributed by atoms with Crippen molar-refractivity contribution in [1.82, 2.24) is 29.3 Å². The summed E-state index contributed by atoms with van der Waals surface area (Å²) in [7, 11) is 3.33. The summed E-state index contributed by atoms with van der Waals surface area (Å²) in [5, 5.41) is 16.8. The first-order chi connectivity index (χ1) is 14.5. The molecule has 0 amide bonds. The van der Waals surface area contributed by atoms with Gasteiger partial charge in [-0.3, -0.25) is 9.25 Å². The SMILES string of the molecule is COc1cc(-c2nc3c([nH]2)c(N[C@@H](C)CO)nc(=O)n3Cc2ccccc2)n(C)n1. The van der Waals surface area contributed by atoms with Crippen LogP contribution in [0, 0.1) is 0 Å². The molecule has 0 aliphatic heterocycles. The van der Waals surface area contributed by atoms with Crippen molar-refractivity contribution in [2.75, 3.05) is 19.0 Å². The normalized spacial score (nSPS) is 12.3. The lowest BCUT2D eigenvalue weighted by Gasteiger charge is -2.13. The number of benzene rings is 1. The van der Waals surface area contributed by atoms with Crippen molar-refractivity contribution in [2.24, 2.45) is 7.05 Å². The Morgan fingerprint density at radius 1 is 1.27 bits per heavy atom. The molecule has 0 radical (unpaired) electrons. The van der Waals surface area contributed by atoms with Gasteiger partial charge in [0.05, 0.1) is 20.3 Å². The molecule has 1 aromatic carbocycles. The average Bonchev–Trinajstić information content (AvgIpc) is 3.35. The van der Waals surface area contributed by atoms with Gasteiger partial charge in [-0.1, -0.05) is 30.3 Å². The van der Waals surface area contributed by atoms with Gasteiger partial charge >= 0.3 is 5.69 Å². The first-order valence-electron chi connectivity index (χ1n) is 9.50. The number of methoxy groups -OCH3 is 1. The van der Waals surface area contributed by atoms with E-state index in [0.717, 1.165) is 5.56 Å². The van der Waals surface area contributed by atoms with E-state index >= 15 is 0 Å². The van der Waals surface area contributed by atoms with E-state index in [0.29, 0.717) is 40.9 Å². The number of fused-ring (bicyclic) bond motifs is 1. The van der Waals surface area contributed by atoms with Crippen LogP contribution in [-0.2, 0) is 13.6 Å². The fraction of sp³-hybridized carbons (Fsp3) is 0.300. The molecule has 4 aromatic rings. The summed E-state index contributed by atoms with van der Waals surface area (Å²) in [6, 6.07) is 11.1. The maximum Gasteiger partial charge on any atom is 0.351 e. The fourth-order valence-electron chi connectivity index (χ4n) is 3.20. The van der Waals surface area contributed by atoms with Gasteiger partial charge in [-0.05, 0) is 12.5 Å². The summed E-state index contributed by atoms with van der Waals surface area (Å²) in [5.74, 6) is 1.32. The van der Waals surface area contributed by atoms with E-state index in [1.807, 2.05) is 30.3 Å². The number of H-pyrrole nitrogens is 1. The summed E-state index contributed by atoms with van der Waals surface area (Å²) >= 11 is 0. The summed E-state index contributed by atoms with van der Waals surface area (Å²) in [6.07, 6.45) is 0. The quantitative estimate of drug-likeness (QED) is 0.421. The van der Waals surface area contributed by atoms with Crippen LogP contribution in [0.5, 0.6) is 5.88 Å². The highest BCUT2D eigenvalue weighted by molar-refractivity contribution is 5.86. The predicted molar refractivity (Wildman–Crippen MR) is 113 cm³/mol. The number of aliphatic hydroxyl groups is 1. The third kappa shape index (κ3) is 3.64. The van der Waals surface area contributed by atoms with Gasteiger partial charge in [-0.25, -0.2) is 9.78 Å². The number of anilines is 1. The van der Waals surface area contributed by atoms with Gasteiger partial charge < -0.3 is 20.1 Å². The fourth-order valence-corrected chi connectivity index (χ4v) is 3.20. The number of nitrogens with one attached hydrogen (secondary N) is 2. The second kappa shape index (κ2) is 7.99. The number of rotatable bonds is 7. The Morgan fingerprint density at radius 3 is 2.70 bits per heavy atom. The summed E-state index contributed by atoms with van der Waals surface area (Å²) in [6.45, 7) is 2.03. The lowest BCUT2D eigenvalue weighted by Crippen LogP contribution is -2.28. The number of aliphatic hydroxyl groups excluding tert-OH is 1. The van der Waals surface area contributed by atoms with Gasteiger partial charge in [0, 0.05) is 19.2 Å². The third-order valence-corrected chi connectivity index (χ3v) is 4.77. The van der Waals surface area contributed by atoms with Crippen molar-refractivity contribution in [2.45, 2.75) is 19.5 Å². The van der Waals surface area contributed by atoms with E-state index in [9.17, 15) is 9.90 Å². The Morgan fingerprint density at radius 2 is 2.03 bits per heavy atom. The van der Waals surface area contributed by atoms with E-state index in [1.54, 1.807) is 31.8 Å². The van der Waals surface area contributed by atoms with Crippen LogP contribution >= 0.6 is 0 Å². The van der Waals surface area contributed by atoms with E-state index in [1.165, 1.54) is 4.57 Å². The molecule has 156 valence electrons. The molecule has 0 aliphatic rings. The lowest BCUT2D eigenvalue weighted by atomic mass is 10.2. The third-order valence-electron chi connectivity index (χ3n) is 4.77. The van der Waals surface area contributed by atoms with Crippen molar-refractivity contribution in [3.8, 4) is 17.4 Å². The highest BCUT2D eigenvalue weighted by Gasteiger charge is 2.19. The number of hydrogen-bond acceptors (Lipinski definition) is 7. The van der Waals surface area contributed by atoms with Gasteiger partial charge in [0.2, 0.25) is 5.88 Å². The molecule has 10 heteroatoms. The summed E-state index contributed by atoms with van der Waals surface area (Å²) < 4.78 is 8.37. The van der Waals surface area contributed by atoms with E-state index in [2.05, 4.69) is 20.4 Å². The van der Waals surface area contributed by atoms with Crippen molar-refractivity contribution >= 4 is 17.0 Å². The molecule has 1 atom stereocenters. The standard InChI is InChI=1S/C20H23N7O3/c1-12(11-28)21-18-16-19(23-17(22-16)14-9-15(30-3)25-26(14)2)27(20(29)24-18)10-13-7-5-4-6-8-13/h4-9,12,28H,10-11H2,1-3H3,(H,22,23)(H,21,24,29)/t12-/m0/s1. The number of hydrogen-bond donors (Lipinski definition) is 3. The Balaban J connectivity index is 1.90. The average molecular weight is 409 g/mol. The molecular formula is C20H23N7O3. The zero-order valence-electron chi connectivity index (χ0n) is 17.0. The van der Waals surface area contributed by atoms with Crippen molar-refractivity contribution in [1.29, 1.82) is 0 Å². The molecule has 0 aliphatic carbocycles. The monoisotopic (exact) mass is 409 g/mol. The van der Waals surface area contributed by atoms with Crippen LogP contribution < -0.4 is 15.7 Å². The second-order valence-corrected chi connectivity index (χ2v) is 7.02. The molecule has 30 heavy (non-hydrogen) atoms. The van der Waals surface area contributed by atoms with Gasteiger partial charge in [0.25, 0.3) is 0 Å². The topological polar surface area (TPSA) is 123 Å². The highest BCUT2D eigenvalue weighted by atomic mass is 16.5. The highest BCUT2D eigenvalue weighted by Crippen LogP contribution is 2.26. The first kappa shape index (κ1) is 19.6. The van der Waals surface area contributed by atoms with E-state index in [4.69, 9.17) is 9.72 Å². The summed E-state index contributed by atoms with van der Waals surface area (Å²) in [4.78, 5) is 25.0. The molecule has 0 bridgehead atoms. The molecule has 3 N–H and O–H groups in total.